The number of hydrogen-bond acceptors (Lipinski definition) is 3. The molecule has 1 heterocycles. The van der Waals surface area contributed by atoms with Crippen molar-refractivity contribution in [2.45, 2.75) is 45.2 Å². The molecule has 1 aromatic carbocycles. The standard InChI is InChI=1S/C20H32N4O.HI/c1-15-6-9-17(19(11-15)25-14-16-7-8-16)12-22-20(21-2)23-13-18-5-4-10-24(18)3;/h6,9,11,16,18H,4-5,7-8,10,12-14H2,1-3H3,(H2,21,22,23);1H. The molecule has 0 radical (unpaired) electrons. The van der Waals surface area contributed by atoms with Gasteiger partial charge in [0.1, 0.15) is 5.75 Å². The number of nitrogens with zero attached hydrogens (tertiary/aromatic N) is 2. The van der Waals surface area contributed by atoms with Crippen LogP contribution in [-0.2, 0) is 6.54 Å². The van der Waals surface area contributed by atoms with Crippen molar-refractivity contribution in [3.05, 3.63) is 29.3 Å². The number of likely N-dealkylation sites (N-methyl/N-ethyl adjacent to an activating group) is 1. The van der Waals surface area contributed by atoms with E-state index in [9.17, 15) is 0 Å². The van der Waals surface area contributed by atoms with E-state index in [-0.39, 0.29) is 24.0 Å². The Kier molecular flexibility index (Phi) is 8.47. The van der Waals surface area contributed by atoms with Crippen molar-refractivity contribution < 1.29 is 4.74 Å². The average Bonchev–Trinajstić information content (AvgIpc) is 3.35. The largest absolute Gasteiger partial charge is 0.493 e. The van der Waals surface area contributed by atoms with E-state index in [0.717, 1.165) is 37.3 Å². The number of ether oxygens (including phenoxy) is 1. The second-order valence-corrected chi connectivity index (χ2v) is 7.45. The summed E-state index contributed by atoms with van der Waals surface area (Å²) >= 11 is 0. The van der Waals surface area contributed by atoms with Gasteiger partial charge in [0.15, 0.2) is 5.96 Å². The molecule has 1 saturated carbocycles. The maximum Gasteiger partial charge on any atom is 0.191 e. The number of nitrogens with one attached hydrogen (secondary N) is 2. The highest BCUT2D eigenvalue weighted by Crippen LogP contribution is 2.30. The van der Waals surface area contributed by atoms with Crippen LogP contribution in [0.15, 0.2) is 23.2 Å². The second kappa shape index (κ2) is 10.3. The lowest BCUT2D eigenvalue weighted by atomic mass is 10.1. The van der Waals surface area contributed by atoms with Gasteiger partial charge >= 0.3 is 0 Å². The minimum absolute atomic E-state index is 0. The van der Waals surface area contributed by atoms with E-state index in [4.69, 9.17) is 4.74 Å². The van der Waals surface area contributed by atoms with Gasteiger partial charge in [-0.1, -0.05) is 12.1 Å². The number of likely N-dealkylation sites (tertiary alicyclic amines) is 1. The molecule has 0 amide bonds. The number of benzene rings is 1. The Morgan fingerprint density at radius 1 is 1.27 bits per heavy atom. The lowest BCUT2D eigenvalue weighted by Crippen LogP contribution is -2.43. The zero-order valence-electron chi connectivity index (χ0n) is 16.3. The van der Waals surface area contributed by atoms with Crippen LogP contribution in [0.1, 0.15) is 36.8 Å². The molecular formula is C20H33IN4O. The SMILES string of the molecule is CN=C(NCc1ccc(C)cc1OCC1CC1)NCC1CCCN1C.I. The van der Waals surface area contributed by atoms with Crippen molar-refractivity contribution in [2.24, 2.45) is 10.9 Å². The summed E-state index contributed by atoms with van der Waals surface area (Å²) in [5.41, 5.74) is 2.42. The molecule has 0 bridgehead atoms. The zero-order chi connectivity index (χ0) is 17.6. The summed E-state index contributed by atoms with van der Waals surface area (Å²) in [7, 11) is 4.03. The molecule has 1 saturated heterocycles. The minimum Gasteiger partial charge on any atom is -0.493 e. The van der Waals surface area contributed by atoms with Crippen molar-refractivity contribution in [1.29, 1.82) is 0 Å². The monoisotopic (exact) mass is 472 g/mol. The maximum absolute atomic E-state index is 6.06. The molecule has 2 aliphatic rings. The Labute approximate surface area is 175 Å². The molecular weight excluding hydrogens is 439 g/mol. The third-order valence-corrected chi connectivity index (χ3v) is 5.24. The third-order valence-electron chi connectivity index (χ3n) is 5.24. The fraction of sp³-hybridized carbons (Fsp3) is 0.650. The van der Waals surface area contributed by atoms with E-state index in [2.05, 4.69) is 52.7 Å². The van der Waals surface area contributed by atoms with Gasteiger partial charge in [-0.2, -0.15) is 0 Å². The fourth-order valence-corrected chi connectivity index (χ4v) is 3.29. The Hall–Kier alpha value is -1.02. The van der Waals surface area contributed by atoms with Gasteiger partial charge < -0.3 is 20.3 Å². The molecule has 146 valence electrons. The molecule has 1 aliphatic heterocycles. The summed E-state index contributed by atoms with van der Waals surface area (Å²) in [6.07, 6.45) is 5.18. The van der Waals surface area contributed by atoms with Crippen LogP contribution in [0.2, 0.25) is 0 Å². The van der Waals surface area contributed by atoms with Gasteiger partial charge in [0.25, 0.3) is 0 Å². The molecule has 2 fully saturated rings. The first kappa shape index (κ1) is 21.3. The number of guanidine groups is 1. The highest BCUT2D eigenvalue weighted by atomic mass is 127. The molecule has 1 aromatic rings. The van der Waals surface area contributed by atoms with Gasteiger partial charge in [0.05, 0.1) is 6.61 Å². The van der Waals surface area contributed by atoms with Gasteiger partial charge in [-0.25, -0.2) is 0 Å². The van der Waals surface area contributed by atoms with Crippen LogP contribution in [0.3, 0.4) is 0 Å². The van der Waals surface area contributed by atoms with Crippen molar-refractivity contribution in [3.8, 4) is 5.75 Å². The van der Waals surface area contributed by atoms with Crippen LogP contribution in [-0.4, -0.2) is 50.7 Å². The number of halogens is 1. The summed E-state index contributed by atoms with van der Waals surface area (Å²) in [4.78, 5) is 6.78. The minimum atomic E-state index is 0. The highest BCUT2D eigenvalue weighted by molar-refractivity contribution is 14.0. The number of hydrogen-bond donors (Lipinski definition) is 2. The van der Waals surface area contributed by atoms with Crippen LogP contribution in [0.25, 0.3) is 0 Å². The van der Waals surface area contributed by atoms with E-state index in [0.29, 0.717) is 6.04 Å². The molecule has 26 heavy (non-hydrogen) atoms. The number of aryl methyl sites for hydroxylation is 1. The Morgan fingerprint density at radius 3 is 2.73 bits per heavy atom. The molecule has 0 aromatic heterocycles. The Morgan fingerprint density at radius 2 is 2.08 bits per heavy atom. The van der Waals surface area contributed by atoms with E-state index < -0.39 is 0 Å². The lowest BCUT2D eigenvalue weighted by molar-refractivity contribution is 0.296. The normalized spacial score (nSPS) is 20.6. The molecule has 3 rings (SSSR count). The van der Waals surface area contributed by atoms with Crippen LogP contribution in [0.5, 0.6) is 5.75 Å². The Balaban J connectivity index is 0.00000243. The van der Waals surface area contributed by atoms with Crippen molar-refractivity contribution in [1.82, 2.24) is 15.5 Å². The third kappa shape index (κ3) is 6.30. The number of aliphatic imine (C=N–C) groups is 1. The van der Waals surface area contributed by atoms with Crippen molar-refractivity contribution in [3.63, 3.8) is 0 Å². The number of rotatable bonds is 7. The average molecular weight is 472 g/mol. The highest BCUT2D eigenvalue weighted by Gasteiger charge is 2.23. The summed E-state index contributed by atoms with van der Waals surface area (Å²) < 4.78 is 6.06. The van der Waals surface area contributed by atoms with Crippen molar-refractivity contribution in [2.75, 3.05) is 33.8 Å². The molecule has 1 unspecified atom stereocenters. The van der Waals surface area contributed by atoms with Gasteiger partial charge in [-0.3, -0.25) is 4.99 Å². The van der Waals surface area contributed by atoms with Gasteiger partial charge in [-0.15, -0.1) is 24.0 Å². The summed E-state index contributed by atoms with van der Waals surface area (Å²) in [5, 5.41) is 6.89. The first-order valence-electron chi connectivity index (χ1n) is 9.53. The van der Waals surface area contributed by atoms with Crippen molar-refractivity contribution >= 4 is 29.9 Å². The van der Waals surface area contributed by atoms with Crippen LogP contribution < -0.4 is 15.4 Å². The molecule has 6 heteroatoms. The summed E-state index contributed by atoms with van der Waals surface area (Å²) in [6.45, 7) is 5.82. The topological polar surface area (TPSA) is 48.9 Å². The summed E-state index contributed by atoms with van der Waals surface area (Å²) in [5.74, 6) is 2.62. The van der Waals surface area contributed by atoms with Gasteiger partial charge in [0, 0.05) is 31.7 Å². The molecule has 1 atom stereocenters. The second-order valence-electron chi connectivity index (χ2n) is 7.45. The smallest absolute Gasteiger partial charge is 0.191 e. The van der Waals surface area contributed by atoms with E-state index in [1.54, 1.807) is 0 Å². The lowest BCUT2D eigenvalue weighted by Gasteiger charge is -2.21. The first-order valence-corrected chi connectivity index (χ1v) is 9.53. The Bertz CT molecular complexity index is 603. The molecule has 1 aliphatic carbocycles. The summed E-state index contributed by atoms with van der Waals surface area (Å²) in [6, 6.07) is 7.05. The molecule has 0 spiro atoms. The first-order chi connectivity index (χ1) is 12.2. The van der Waals surface area contributed by atoms with Crippen LogP contribution in [0.4, 0.5) is 0 Å². The molecule has 5 nitrogen and oxygen atoms in total. The fourth-order valence-electron chi connectivity index (χ4n) is 3.29. The maximum atomic E-state index is 6.06. The predicted molar refractivity (Wildman–Crippen MR) is 119 cm³/mol. The van der Waals surface area contributed by atoms with Gasteiger partial charge in [-0.05, 0) is 63.7 Å². The van der Waals surface area contributed by atoms with E-state index >= 15 is 0 Å². The van der Waals surface area contributed by atoms with E-state index in [1.165, 1.54) is 43.4 Å². The van der Waals surface area contributed by atoms with Crippen LogP contribution in [0, 0.1) is 12.8 Å². The van der Waals surface area contributed by atoms with Crippen LogP contribution >= 0.6 is 24.0 Å². The molecule has 2 N–H and O–H groups in total. The predicted octanol–water partition coefficient (Wildman–Crippen LogP) is 3.16. The van der Waals surface area contributed by atoms with E-state index in [1.807, 2.05) is 7.05 Å². The quantitative estimate of drug-likeness (QED) is 0.364. The zero-order valence-corrected chi connectivity index (χ0v) is 18.6. The van der Waals surface area contributed by atoms with Gasteiger partial charge in [0.2, 0.25) is 0 Å².